The number of rotatable bonds is 5. The number of nitrogens with zero attached hydrogens (tertiary/aromatic N) is 1. The van der Waals surface area contributed by atoms with Crippen LogP contribution in [-0.4, -0.2) is 47.3 Å². The maximum atomic E-state index is 12.1. The van der Waals surface area contributed by atoms with E-state index >= 15 is 0 Å². The van der Waals surface area contributed by atoms with Crippen molar-refractivity contribution < 1.29 is 15.0 Å². The zero-order chi connectivity index (χ0) is 12.8. The van der Waals surface area contributed by atoms with Crippen molar-refractivity contribution in [3.63, 3.8) is 0 Å². The third-order valence-electron chi connectivity index (χ3n) is 2.29. The third-order valence-corrected chi connectivity index (χ3v) is 2.71. The summed E-state index contributed by atoms with van der Waals surface area (Å²) in [7, 11) is 0. The van der Waals surface area contributed by atoms with Crippen molar-refractivity contribution in [2.75, 3.05) is 32.0 Å². The minimum absolute atomic E-state index is 0.143. The van der Waals surface area contributed by atoms with Crippen molar-refractivity contribution in [3.05, 3.63) is 28.8 Å². The lowest BCUT2D eigenvalue weighted by atomic mass is 10.1. The highest BCUT2D eigenvalue weighted by Gasteiger charge is 2.18. The van der Waals surface area contributed by atoms with Gasteiger partial charge in [-0.3, -0.25) is 4.79 Å². The van der Waals surface area contributed by atoms with E-state index in [0.29, 0.717) is 5.69 Å². The Morgan fingerprint density at radius 3 is 2.41 bits per heavy atom. The third kappa shape index (κ3) is 3.33. The number of nitrogens with two attached hydrogens (primary N) is 1. The fourth-order valence-electron chi connectivity index (χ4n) is 1.44. The summed E-state index contributed by atoms with van der Waals surface area (Å²) in [5, 5.41) is 17.9. The van der Waals surface area contributed by atoms with E-state index < -0.39 is 0 Å². The van der Waals surface area contributed by atoms with Gasteiger partial charge in [0.2, 0.25) is 0 Å². The van der Waals surface area contributed by atoms with Crippen LogP contribution in [0.3, 0.4) is 0 Å². The zero-order valence-electron chi connectivity index (χ0n) is 9.27. The summed E-state index contributed by atoms with van der Waals surface area (Å²) in [5.41, 5.74) is 6.20. The van der Waals surface area contributed by atoms with Crippen LogP contribution in [0.15, 0.2) is 18.2 Å². The molecular formula is C11H15ClN2O3. The van der Waals surface area contributed by atoms with Gasteiger partial charge < -0.3 is 20.8 Å². The van der Waals surface area contributed by atoms with Gasteiger partial charge in [-0.05, 0) is 12.1 Å². The highest BCUT2D eigenvalue weighted by atomic mass is 35.5. The Labute approximate surface area is 104 Å². The molecule has 0 saturated heterocycles. The lowest BCUT2D eigenvalue weighted by molar-refractivity contribution is 0.0685. The predicted molar refractivity (Wildman–Crippen MR) is 65.9 cm³/mol. The van der Waals surface area contributed by atoms with E-state index in [2.05, 4.69) is 0 Å². The summed E-state index contributed by atoms with van der Waals surface area (Å²) < 4.78 is 0. The molecule has 0 atom stereocenters. The van der Waals surface area contributed by atoms with Gasteiger partial charge in [0.1, 0.15) is 0 Å². The van der Waals surface area contributed by atoms with Crippen molar-refractivity contribution in [2.45, 2.75) is 0 Å². The zero-order valence-corrected chi connectivity index (χ0v) is 10.0. The molecule has 5 nitrogen and oxygen atoms in total. The highest BCUT2D eigenvalue weighted by Crippen LogP contribution is 2.24. The average molecular weight is 259 g/mol. The number of carbonyl (C=O) groups is 1. The minimum Gasteiger partial charge on any atom is -0.398 e. The Hall–Kier alpha value is -1.30. The van der Waals surface area contributed by atoms with E-state index in [1.807, 2.05) is 0 Å². The fraction of sp³-hybridized carbons (Fsp3) is 0.364. The van der Waals surface area contributed by atoms with Crippen LogP contribution in [0.4, 0.5) is 5.69 Å². The Balaban J connectivity index is 2.96. The van der Waals surface area contributed by atoms with Crippen molar-refractivity contribution in [2.24, 2.45) is 0 Å². The van der Waals surface area contributed by atoms with Crippen LogP contribution in [0, 0.1) is 0 Å². The van der Waals surface area contributed by atoms with Crippen molar-refractivity contribution in [3.8, 4) is 0 Å². The van der Waals surface area contributed by atoms with Crippen LogP contribution >= 0.6 is 11.6 Å². The number of hydrogen-bond donors (Lipinski definition) is 3. The summed E-state index contributed by atoms with van der Waals surface area (Å²) in [6, 6.07) is 4.79. The average Bonchev–Trinajstić information content (AvgIpc) is 2.31. The molecule has 17 heavy (non-hydrogen) atoms. The first-order chi connectivity index (χ1) is 8.11. The predicted octanol–water partition coefficient (Wildman–Crippen LogP) is 0.349. The van der Waals surface area contributed by atoms with Crippen LogP contribution in [0.5, 0.6) is 0 Å². The molecule has 94 valence electrons. The molecule has 0 fully saturated rings. The Kier molecular flexibility index (Phi) is 5.21. The number of halogens is 1. The molecule has 0 spiro atoms. The van der Waals surface area contributed by atoms with E-state index in [1.54, 1.807) is 18.2 Å². The Bertz CT molecular complexity index is 392. The van der Waals surface area contributed by atoms with E-state index in [1.165, 1.54) is 4.90 Å². The summed E-state index contributed by atoms with van der Waals surface area (Å²) >= 11 is 5.93. The largest absolute Gasteiger partial charge is 0.398 e. The van der Waals surface area contributed by atoms with Gasteiger partial charge in [0.15, 0.2) is 0 Å². The molecule has 0 aliphatic carbocycles. The molecule has 0 aliphatic rings. The summed E-state index contributed by atoms with van der Waals surface area (Å²) in [4.78, 5) is 13.4. The lowest BCUT2D eigenvalue weighted by Crippen LogP contribution is -2.36. The van der Waals surface area contributed by atoms with E-state index in [0.717, 1.165) is 0 Å². The molecule has 4 N–H and O–H groups in total. The van der Waals surface area contributed by atoms with E-state index in [4.69, 9.17) is 27.5 Å². The maximum Gasteiger partial charge on any atom is 0.255 e. The SMILES string of the molecule is Nc1cccc(C(=O)N(CCO)CCO)c1Cl. The second-order valence-corrected chi connectivity index (χ2v) is 3.83. The van der Waals surface area contributed by atoms with Gasteiger partial charge in [-0.25, -0.2) is 0 Å². The lowest BCUT2D eigenvalue weighted by Gasteiger charge is -2.21. The minimum atomic E-state index is -0.356. The number of anilines is 1. The van der Waals surface area contributed by atoms with Crippen LogP contribution < -0.4 is 5.73 Å². The van der Waals surface area contributed by atoms with Crippen molar-refractivity contribution >= 4 is 23.2 Å². The normalized spacial score (nSPS) is 10.3. The molecule has 1 aromatic rings. The quantitative estimate of drug-likeness (QED) is 0.665. The number of hydrogen-bond acceptors (Lipinski definition) is 4. The molecule has 6 heteroatoms. The first-order valence-electron chi connectivity index (χ1n) is 5.16. The fourth-order valence-corrected chi connectivity index (χ4v) is 1.65. The van der Waals surface area contributed by atoms with Gasteiger partial charge in [-0.2, -0.15) is 0 Å². The highest BCUT2D eigenvalue weighted by molar-refractivity contribution is 6.36. The van der Waals surface area contributed by atoms with Gasteiger partial charge in [0.05, 0.1) is 29.5 Å². The van der Waals surface area contributed by atoms with Gasteiger partial charge in [-0.1, -0.05) is 17.7 Å². The molecule has 0 unspecified atom stereocenters. The van der Waals surface area contributed by atoms with Crippen LogP contribution in [-0.2, 0) is 0 Å². The molecule has 1 aromatic carbocycles. The molecule has 1 amide bonds. The molecule has 0 saturated carbocycles. The molecule has 1 rings (SSSR count). The number of carbonyl (C=O) groups excluding carboxylic acids is 1. The smallest absolute Gasteiger partial charge is 0.255 e. The topological polar surface area (TPSA) is 86.8 Å². The number of aliphatic hydroxyl groups is 2. The van der Waals surface area contributed by atoms with Gasteiger partial charge >= 0.3 is 0 Å². The number of nitrogen functional groups attached to an aromatic ring is 1. The van der Waals surface area contributed by atoms with Crippen molar-refractivity contribution in [1.82, 2.24) is 4.90 Å². The van der Waals surface area contributed by atoms with Crippen LogP contribution in [0.25, 0.3) is 0 Å². The van der Waals surface area contributed by atoms with Crippen LogP contribution in [0.2, 0.25) is 5.02 Å². The molecule has 0 aromatic heterocycles. The monoisotopic (exact) mass is 258 g/mol. The second-order valence-electron chi connectivity index (χ2n) is 3.45. The molecule has 0 heterocycles. The van der Waals surface area contributed by atoms with E-state index in [-0.39, 0.29) is 42.8 Å². The molecule has 0 aliphatic heterocycles. The van der Waals surface area contributed by atoms with Crippen molar-refractivity contribution in [1.29, 1.82) is 0 Å². The van der Waals surface area contributed by atoms with Gasteiger partial charge in [0, 0.05) is 13.1 Å². The Morgan fingerprint density at radius 2 is 1.88 bits per heavy atom. The first kappa shape index (κ1) is 13.8. The summed E-state index contributed by atoms with van der Waals surface area (Å²) in [6.45, 7) is -0.0631. The molecule has 0 radical (unpaired) electrons. The summed E-state index contributed by atoms with van der Waals surface area (Å²) in [5.74, 6) is -0.356. The Morgan fingerprint density at radius 1 is 1.29 bits per heavy atom. The maximum absolute atomic E-state index is 12.1. The standard InChI is InChI=1S/C11H15ClN2O3/c12-10-8(2-1-3-9(10)13)11(17)14(4-6-15)5-7-16/h1-3,15-16H,4-7,13H2. The van der Waals surface area contributed by atoms with Gasteiger partial charge in [-0.15, -0.1) is 0 Å². The van der Waals surface area contributed by atoms with Crippen LogP contribution in [0.1, 0.15) is 10.4 Å². The summed E-state index contributed by atoms with van der Waals surface area (Å²) in [6.07, 6.45) is 0. The molecule has 0 bridgehead atoms. The number of amides is 1. The van der Waals surface area contributed by atoms with E-state index in [9.17, 15) is 4.79 Å². The molecular weight excluding hydrogens is 244 g/mol. The second kappa shape index (κ2) is 6.44. The van der Waals surface area contributed by atoms with Gasteiger partial charge in [0.25, 0.3) is 5.91 Å². The first-order valence-corrected chi connectivity index (χ1v) is 5.54. The number of aliphatic hydroxyl groups excluding tert-OH is 2. The number of benzene rings is 1.